The molecule has 0 radical (unpaired) electrons. The van der Waals surface area contributed by atoms with Gasteiger partial charge in [0.1, 0.15) is 11.6 Å². The van der Waals surface area contributed by atoms with Gasteiger partial charge in [-0.05, 0) is 71.6 Å². The fourth-order valence-electron chi connectivity index (χ4n) is 8.34. The van der Waals surface area contributed by atoms with Gasteiger partial charge >= 0.3 is 0 Å². The molecule has 8 nitrogen and oxygen atoms in total. The van der Waals surface area contributed by atoms with Gasteiger partial charge in [-0.15, -0.1) is 0 Å². The number of hydrogen-bond acceptors (Lipinski definition) is 6. The van der Waals surface area contributed by atoms with E-state index in [1.807, 2.05) is 27.7 Å². The number of ketones is 2. The molecule has 0 saturated heterocycles. The van der Waals surface area contributed by atoms with Crippen molar-refractivity contribution in [1.82, 2.24) is 0 Å². The highest BCUT2D eigenvalue weighted by atomic mass is 32.2. The Balaban J connectivity index is 1.58. The Kier molecular flexibility index (Phi) is 5.91. The first-order valence-corrected chi connectivity index (χ1v) is 15.8. The number of fused-ring (bicyclic) bond motifs is 4. The summed E-state index contributed by atoms with van der Waals surface area (Å²) in [5, 5.41) is 0. The summed E-state index contributed by atoms with van der Waals surface area (Å²) in [5.41, 5.74) is -3.03. The molecule has 206 valence electrons. The maximum atomic E-state index is 13.1. The molecule has 1 aromatic carbocycles. The van der Waals surface area contributed by atoms with Crippen molar-refractivity contribution in [2.75, 3.05) is 0 Å². The van der Waals surface area contributed by atoms with Crippen LogP contribution in [0.5, 0.6) is 0 Å². The van der Waals surface area contributed by atoms with Crippen LogP contribution in [0.3, 0.4) is 0 Å². The zero-order valence-electron chi connectivity index (χ0n) is 22.0. The number of rotatable bonds is 6. The second kappa shape index (κ2) is 8.19. The van der Waals surface area contributed by atoms with Crippen LogP contribution in [0.1, 0.15) is 77.3 Å². The lowest BCUT2D eigenvalue weighted by atomic mass is 9.68. The molecule has 1 aromatic rings. The monoisotopic (exact) mass is 562 g/mol. The molecule has 4 atom stereocenters. The van der Waals surface area contributed by atoms with Crippen LogP contribution in [0.25, 0.3) is 12.2 Å². The predicted molar refractivity (Wildman–Crippen MR) is 143 cm³/mol. The quantitative estimate of drug-likeness (QED) is 0.465. The van der Waals surface area contributed by atoms with Crippen LogP contribution in [-0.2, 0) is 29.8 Å². The van der Waals surface area contributed by atoms with Gasteiger partial charge in [0.2, 0.25) is 0 Å². The zero-order valence-corrected chi connectivity index (χ0v) is 23.7. The van der Waals surface area contributed by atoms with Crippen molar-refractivity contribution in [2.45, 2.75) is 66.2 Å². The van der Waals surface area contributed by atoms with E-state index in [0.717, 1.165) is 0 Å². The molecule has 0 amide bonds. The zero-order chi connectivity index (χ0) is 28.1. The minimum Gasteiger partial charge on any atom is -0.299 e. The van der Waals surface area contributed by atoms with Gasteiger partial charge in [-0.2, -0.15) is 16.8 Å². The third-order valence-electron chi connectivity index (χ3n) is 10.7. The van der Waals surface area contributed by atoms with E-state index < -0.39 is 41.9 Å². The summed E-state index contributed by atoms with van der Waals surface area (Å²) < 4.78 is 70.7. The molecular formula is C28H34O8S2. The van der Waals surface area contributed by atoms with Crippen molar-refractivity contribution < 1.29 is 35.5 Å². The van der Waals surface area contributed by atoms with Gasteiger partial charge < -0.3 is 0 Å². The summed E-state index contributed by atoms with van der Waals surface area (Å²) in [7, 11) is -9.40. The Morgan fingerprint density at radius 1 is 0.711 bits per heavy atom. The largest absolute Gasteiger partial charge is 0.299 e. The molecule has 0 aromatic heterocycles. The van der Waals surface area contributed by atoms with Crippen molar-refractivity contribution in [3.05, 3.63) is 45.2 Å². The Bertz CT molecular complexity index is 1400. The highest BCUT2D eigenvalue weighted by molar-refractivity contribution is 7.90. The molecular weight excluding hydrogens is 528 g/mol. The van der Waals surface area contributed by atoms with Gasteiger partial charge in [0.05, 0.1) is 20.6 Å². The third-order valence-corrected chi connectivity index (χ3v) is 12.8. The van der Waals surface area contributed by atoms with E-state index in [9.17, 15) is 35.5 Å². The van der Waals surface area contributed by atoms with Crippen LogP contribution in [0, 0.1) is 33.5 Å². The Labute approximate surface area is 224 Å². The molecule has 4 aliphatic rings. The Morgan fingerprint density at radius 3 is 1.24 bits per heavy atom. The summed E-state index contributed by atoms with van der Waals surface area (Å²) in [6.07, 6.45) is 5.30. The van der Waals surface area contributed by atoms with Gasteiger partial charge in [0, 0.05) is 12.8 Å². The van der Waals surface area contributed by atoms with Crippen LogP contribution in [0.15, 0.2) is 34.1 Å². The molecule has 4 bridgehead atoms. The molecule has 2 N–H and O–H groups in total. The topological polar surface area (TPSA) is 143 Å². The van der Waals surface area contributed by atoms with E-state index in [2.05, 4.69) is 0 Å². The fraction of sp³-hybridized carbons (Fsp3) is 0.571. The van der Waals surface area contributed by atoms with Crippen molar-refractivity contribution in [3.63, 3.8) is 0 Å². The molecule has 4 saturated carbocycles. The lowest BCUT2D eigenvalue weighted by molar-refractivity contribution is -0.127. The number of allylic oxidation sites excluding steroid dienone is 2. The van der Waals surface area contributed by atoms with E-state index >= 15 is 0 Å². The number of Topliss-reactive ketones (excluding diaryl/α,β-unsaturated/α-hetero) is 2. The van der Waals surface area contributed by atoms with Crippen molar-refractivity contribution >= 4 is 44.0 Å². The first-order chi connectivity index (χ1) is 17.4. The van der Waals surface area contributed by atoms with Crippen molar-refractivity contribution in [1.29, 1.82) is 0 Å². The minimum absolute atomic E-state index is 0.0450. The lowest BCUT2D eigenvalue weighted by Crippen LogP contribution is -2.40. The van der Waals surface area contributed by atoms with E-state index in [4.69, 9.17) is 0 Å². The average molecular weight is 563 g/mol. The molecule has 4 unspecified atom stereocenters. The maximum Gasteiger partial charge on any atom is 0.291 e. The highest BCUT2D eigenvalue weighted by Gasteiger charge is 2.68. The second-order valence-electron chi connectivity index (χ2n) is 12.6. The van der Waals surface area contributed by atoms with Crippen LogP contribution in [0.2, 0.25) is 0 Å². The van der Waals surface area contributed by atoms with Gasteiger partial charge in [-0.25, -0.2) is 0 Å². The number of carbonyl (C=O) groups is 2. The summed E-state index contributed by atoms with van der Waals surface area (Å²) in [6, 6.07) is 6.24. The van der Waals surface area contributed by atoms with Crippen molar-refractivity contribution in [3.8, 4) is 0 Å². The molecule has 0 spiro atoms. The second-order valence-corrected chi connectivity index (χ2v) is 15.4. The van der Waals surface area contributed by atoms with Crippen molar-refractivity contribution in [2.24, 2.45) is 33.5 Å². The van der Waals surface area contributed by atoms with Crippen LogP contribution in [0.4, 0.5) is 0 Å². The number of hydrogen-bond donors (Lipinski definition) is 2. The minimum atomic E-state index is -4.70. The molecule has 38 heavy (non-hydrogen) atoms. The SMILES string of the molecule is CC1(C)C2CCC1(/C(=C/c1ccc(/C=C(\C34CCC(CC3=O)C4(C)C)S(=O)(=O)O)cc1)S(=O)(=O)O)C(=O)C2. The highest BCUT2D eigenvalue weighted by Crippen LogP contribution is 2.69. The van der Waals surface area contributed by atoms with Gasteiger partial charge in [0.25, 0.3) is 20.2 Å². The number of carbonyl (C=O) groups excluding carboxylic acids is 2. The van der Waals surface area contributed by atoms with Crippen LogP contribution >= 0.6 is 0 Å². The van der Waals surface area contributed by atoms with Gasteiger partial charge in [0.15, 0.2) is 0 Å². The van der Waals surface area contributed by atoms with Crippen LogP contribution < -0.4 is 0 Å². The first kappa shape index (κ1) is 27.4. The summed E-state index contributed by atoms with van der Waals surface area (Å²) in [4.78, 5) is 25.5. The standard InChI is InChI=1S/C28H34O8S2/c1-25(2)19-9-11-27(25,21(29)15-19)23(37(31,32)33)13-17-5-7-18(8-6-17)14-24(38(34,35)36)28-12-10-20(16-22(28)30)26(28,3)4/h5-8,13-14,19-20H,9-12,15-16H2,1-4H3,(H,31,32,33)(H,34,35,36)/b23-13-,24-14+. The smallest absolute Gasteiger partial charge is 0.291 e. The summed E-state index contributed by atoms with van der Waals surface area (Å²) in [6.45, 7) is 7.49. The third kappa shape index (κ3) is 3.52. The summed E-state index contributed by atoms with van der Waals surface area (Å²) >= 11 is 0. The normalized spacial score (nSPS) is 34.4. The summed E-state index contributed by atoms with van der Waals surface area (Å²) in [5.74, 6) is -0.275. The van der Waals surface area contributed by atoms with Gasteiger partial charge in [-0.3, -0.25) is 18.7 Å². The van der Waals surface area contributed by atoms with E-state index in [1.165, 1.54) is 12.2 Å². The molecule has 4 fully saturated rings. The van der Waals surface area contributed by atoms with E-state index in [0.29, 0.717) is 36.8 Å². The lowest BCUT2D eigenvalue weighted by Gasteiger charge is -2.37. The Morgan fingerprint density at radius 2 is 1.03 bits per heavy atom. The molecule has 0 aliphatic heterocycles. The van der Waals surface area contributed by atoms with E-state index in [1.54, 1.807) is 24.3 Å². The molecule has 5 rings (SSSR count). The molecule has 0 heterocycles. The maximum absolute atomic E-state index is 13.1. The average Bonchev–Trinajstić information content (AvgIpc) is 3.34. The Hall–Kier alpha value is -2.14. The van der Waals surface area contributed by atoms with Crippen LogP contribution in [-0.4, -0.2) is 37.5 Å². The fourth-order valence-corrected chi connectivity index (χ4v) is 10.7. The van der Waals surface area contributed by atoms with Gasteiger partial charge in [-0.1, -0.05) is 52.0 Å². The number of benzene rings is 1. The predicted octanol–water partition coefficient (Wildman–Crippen LogP) is 4.93. The van der Waals surface area contributed by atoms with E-state index in [-0.39, 0.29) is 46.1 Å². The molecule has 10 heteroatoms. The first-order valence-electron chi connectivity index (χ1n) is 12.9. The molecule has 4 aliphatic carbocycles.